The highest BCUT2D eigenvalue weighted by Crippen LogP contribution is 2.36. The number of nitrogens with zero attached hydrogens (tertiary/aromatic N) is 4. The number of anilines is 2. The molecule has 0 radical (unpaired) electrons. The van der Waals surface area contributed by atoms with Crippen molar-refractivity contribution in [3.63, 3.8) is 0 Å². The highest BCUT2D eigenvalue weighted by atomic mass is 32.2. The zero-order chi connectivity index (χ0) is 25.6. The Bertz CT molecular complexity index is 1260. The van der Waals surface area contributed by atoms with Gasteiger partial charge in [-0.25, -0.2) is 22.7 Å². The van der Waals surface area contributed by atoms with Crippen LogP contribution in [0, 0.1) is 12.3 Å². The number of aryl methyl sites for hydroxylation is 1. The van der Waals surface area contributed by atoms with Crippen LogP contribution in [-0.2, 0) is 26.0 Å². The summed E-state index contributed by atoms with van der Waals surface area (Å²) in [6.45, 7) is 7.70. The molecule has 1 aromatic carbocycles. The van der Waals surface area contributed by atoms with E-state index >= 15 is 0 Å². The van der Waals surface area contributed by atoms with Gasteiger partial charge in [-0.1, -0.05) is 19.1 Å². The number of hydrogen-bond donors (Lipinski definition) is 0. The van der Waals surface area contributed by atoms with Gasteiger partial charge in [0.15, 0.2) is 0 Å². The van der Waals surface area contributed by atoms with Gasteiger partial charge < -0.3 is 9.47 Å². The van der Waals surface area contributed by atoms with Crippen LogP contribution in [0.4, 0.5) is 11.5 Å². The molecule has 0 N–H and O–H groups in total. The summed E-state index contributed by atoms with van der Waals surface area (Å²) in [5.41, 5.74) is 1.04. The van der Waals surface area contributed by atoms with E-state index in [1.807, 2.05) is 20.8 Å². The Hall–Kier alpha value is -3.53. The normalized spacial score (nSPS) is 11.7. The van der Waals surface area contributed by atoms with Crippen molar-refractivity contribution < 1.29 is 22.7 Å². The van der Waals surface area contributed by atoms with Crippen molar-refractivity contribution in [1.29, 1.82) is 0 Å². The van der Waals surface area contributed by atoms with Crippen LogP contribution in [0.5, 0.6) is 5.88 Å². The van der Waals surface area contributed by atoms with E-state index in [1.54, 1.807) is 37.3 Å². The summed E-state index contributed by atoms with van der Waals surface area (Å²) < 4.78 is 39.1. The lowest BCUT2D eigenvalue weighted by Crippen LogP contribution is -2.29. The van der Waals surface area contributed by atoms with E-state index in [9.17, 15) is 13.2 Å². The smallest absolute Gasteiger partial charge is 0.311 e. The van der Waals surface area contributed by atoms with E-state index in [2.05, 4.69) is 15.0 Å². The number of pyridine rings is 1. The minimum absolute atomic E-state index is 0.00620. The maximum atomic E-state index is 13.7. The fraction of sp³-hybridized carbons (Fsp3) is 0.360. The van der Waals surface area contributed by atoms with Crippen LogP contribution in [0.2, 0.25) is 0 Å². The molecule has 9 nitrogen and oxygen atoms in total. The number of benzene rings is 1. The lowest BCUT2D eigenvalue weighted by atomic mass is 9.86. The summed E-state index contributed by atoms with van der Waals surface area (Å²) in [5, 5.41) is 0. The first-order valence-electron chi connectivity index (χ1n) is 11.2. The second-order valence-electron chi connectivity index (χ2n) is 8.67. The first-order chi connectivity index (χ1) is 16.6. The van der Waals surface area contributed by atoms with E-state index in [1.165, 1.54) is 31.8 Å². The van der Waals surface area contributed by atoms with Crippen LogP contribution < -0.4 is 9.04 Å². The summed E-state index contributed by atoms with van der Waals surface area (Å²) in [6.07, 6.45) is 5.43. The van der Waals surface area contributed by atoms with Crippen LogP contribution in [0.1, 0.15) is 38.4 Å². The van der Waals surface area contributed by atoms with Gasteiger partial charge in [-0.2, -0.15) is 0 Å². The molecule has 35 heavy (non-hydrogen) atoms. The van der Waals surface area contributed by atoms with Gasteiger partial charge in [-0.05, 0) is 63.4 Å². The van der Waals surface area contributed by atoms with E-state index < -0.39 is 15.4 Å². The summed E-state index contributed by atoms with van der Waals surface area (Å²) in [4.78, 5) is 25.0. The third-order valence-electron chi connectivity index (χ3n) is 5.21. The molecule has 0 saturated heterocycles. The lowest BCUT2D eigenvalue weighted by molar-refractivity contribution is -0.153. The molecule has 0 saturated carbocycles. The second kappa shape index (κ2) is 10.8. The molecule has 0 spiro atoms. The van der Waals surface area contributed by atoms with Gasteiger partial charge in [0.1, 0.15) is 4.90 Å². The van der Waals surface area contributed by atoms with Gasteiger partial charge in [0.05, 0.1) is 36.7 Å². The molecule has 10 heteroatoms. The van der Waals surface area contributed by atoms with Crippen molar-refractivity contribution in [2.75, 3.05) is 18.0 Å². The van der Waals surface area contributed by atoms with Crippen molar-refractivity contribution >= 4 is 27.5 Å². The Labute approximate surface area is 206 Å². The molecule has 186 valence electrons. The molecule has 0 aliphatic rings. The highest BCUT2D eigenvalue weighted by molar-refractivity contribution is 7.93. The van der Waals surface area contributed by atoms with Crippen molar-refractivity contribution in [3.05, 3.63) is 66.2 Å². The first kappa shape index (κ1) is 26.1. The fourth-order valence-corrected chi connectivity index (χ4v) is 4.83. The summed E-state index contributed by atoms with van der Waals surface area (Å²) >= 11 is 0. The van der Waals surface area contributed by atoms with E-state index in [0.29, 0.717) is 24.4 Å². The van der Waals surface area contributed by atoms with Crippen LogP contribution in [0.15, 0.2) is 59.9 Å². The third kappa shape index (κ3) is 5.94. The molecule has 0 aliphatic heterocycles. The van der Waals surface area contributed by atoms with Gasteiger partial charge in [0.25, 0.3) is 15.9 Å². The molecule has 2 heterocycles. The molecule has 0 fully saturated rings. The first-order valence-corrected chi connectivity index (χ1v) is 12.6. The third-order valence-corrected chi connectivity index (χ3v) is 6.91. The summed E-state index contributed by atoms with van der Waals surface area (Å²) in [5.74, 6) is -0.177. The monoisotopic (exact) mass is 498 g/mol. The Morgan fingerprint density at radius 2 is 1.83 bits per heavy atom. The van der Waals surface area contributed by atoms with Gasteiger partial charge in [0.2, 0.25) is 5.82 Å². The molecule has 0 bridgehead atoms. The Balaban J connectivity index is 2.03. The Morgan fingerprint density at radius 3 is 2.43 bits per heavy atom. The van der Waals surface area contributed by atoms with Crippen molar-refractivity contribution in [3.8, 4) is 5.88 Å². The molecule has 0 unspecified atom stereocenters. The van der Waals surface area contributed by atoms with Crippen LogP contribution >= 0.6 is 0 Å². The second-order valence-corrected chi connectivity index (χ2v) is 10.5. The molecule has 3 rings (SSSR count). The predicted octanol–water partition coefficient (Wildman–Crippen LogP) is 4.24. The molecule has 0 amide bonds. The Morgan fingerprint density at radius 1 is 1.11 bits per heavy atom. The minimum Gasteiger partial charge on any atom is -0.478 e. The maximum absolute atomic E-state index is 13.7. The number of rotatable bonds is 10. The number of methoxy groups -OCH3 is 1. The number of sulfonamides is 1. The van der Waals surface area contributed by atoms with Crippen LogP contribution in [0.3, 0.4) is 0 Å². The van der Waals surface area contributed by atoms with Gasteiger partial charge >= 0.3 is 5.97 Å². The number of aromatic nitrogens is 3. The van der Waals surface area contributed by atoms with Crippen LogP contribution in [-0.4, -0.2) is 43.1 Å². The topological polar surface area (TPSA) is 112 Å². The zero-order valence-electron chi connectivity index (χ0n) is 20.6. The highest BCUT2D eigenvalue weighted by Gasteiger charge is 2.32. The number of hydrogen-bond acceptors (Lipinski definition) is 8. The number of carbonyl (C=O) groups excluding carboxylic acids is 1. The standard InChI is InChI=1S/C25H30N4O5S/c1-6-14-34-24(30)25(3,4)15-19-9-11-20(12-10-19)29(22-23(33-5)28-18(2)16-27-22)35(31,32)21-8-7-13-26-17-21/h7-13,16-17H,6,14-15H2,1-5H3. The maximum Gasteiger partial charge on any atom is 0.311 e. The van der Waals surface area contributed by atoms with E-state index in [-0.39, 0.29) is 22.6 Å². The Kier molecular flexibility index (Phi) is 8.06. The SMILES string of the molecule is CCCOC(=O)C(C)(C)Cc1ccc(N(c2ncc(C)nc2OC)S(=O)(=O)c2cccnc2)cc1. The average molecular weight is 499 g/mol. The lowest BCUT2D eigenvalue weighted by Gasteiger charge is -2.25. The molecule has 0 atom stereocenters. The molecular weight excluding hydrogens is 468 g/mol. The minimum atomic E-state index is -4.11. The average Bonchev–Trinajstić information content (AvgIpc) is 2.84. The molecule has 3 aromatic rings. The fourth-order valence-electron chi connectivity index (χ4n) is 3.43. The van der Waals surface area contributed by atoms with E-state index in [0.717, 1.165) is 16.3 Å². The molecule has 0 aliphatic carbocycles. The van der Waals surface area contributed by atoms with Crippen molar-refractivity contribution in [2.45, 2.75) is 45.4 Å². The van der Waals surface area contributed by atoms with Crippen molar-refractivity contribution in [1.82, 2.24) is 15.0 Å². The van der Waals surface area contributed by atoms with E-state index in [4.69, 9.17) is 9.47 Å². The zero-order valence-corrected chi connectivity index (χ0v) is 21.4. The molecule has 2 aromatic heterocycles. The van der Waals surface area contributed by atoms with Gasteiger partial charge in [-0.3, -0.25) is 9.78 Å². The number of carbonyl (C=O) groups is 1. The largest absolute Gasteiger partial charge is 0.478 e. The number of ether oxygens (including phenoxy) is 2. The van der Waals surface area contributed by atoms with Crippen LogP contribution in [0.25, 0.3) is 0 Å². The van der Waals surface area contributed by atoms with Gasteiger partial charge in [0, 0.05) is 12.4 Å². The summed E-state index contributed by atoms with van der Waals surface area (Å²) in [7, 11) is -2.70. The quantitative estimate of drug-likeness (QED) is 0.382. The predicted molar refractivity (Wildman–Crippen MR) is 132 cm³/mol. The van der Waals surface area contributed by atoms with Crippen molar-refractivity contribution in [2.24, 2.45) is 5.41 Å². The van der Waals surface area contributed by atoms with Gasteiger partial charge in [-0.15, -0.1) is 0 Å². The number of esters is 1. The summed E-state index contributed by atoms with van der Waals surface area (Å²) in [6, 6.07) is 9.90. The molecular formula is C25H30N4O5S.